The van der Waals surface area contributed by atoms with E-state index in [9.17, 15) is 0 Å². The SMILES string of the molecule is Cc1cccc(-c2ccc[c]([Sn]([CH3])([CH3])[CH3])n2)n1. The van der Waals surface area contributed by atoms with E-state index in [2.05, 4.69) is 31.9 Å². The molecule has 0 spiro atoms. The van der Waals surface area contributed by atoms with Crippen LogP contribution in [0.1, 0.15) is 5.69 Å². The van der Waals surface area contributed by atoms with Gasteiger partial charge in [-0.3, -0.25) is 0 Å². The fourth-order valence-corrected chi connectivity index (χ4v) is 4.68. The second-order valence-electron chi connectivity index (χ2n) is 5.32. The zero-order valence-corrected chi connectivity index (χ0v) is 13.7. The molecule has 2 aromatic heterocycles. The van der Waals surface area contributed by atoms with E-state index in [0.29, 0.717) is 0 Å². The molecule has 0 aromatic carbocycles. The number of aromatic nitrogens is 2. The van der Waals surface area contributed by atoms with Crippen LogP contribution in [0.15, 0.2) is 36.4 Å². The van der Waals surface area contributed by atoms with Crippen LogP contribution in [-0.4, -0.2) is 28.3 Å². The molecule has 0 atom stereocenters. The minimum absolute atomic E-state index is 0.974. The molecule has 0 aliphatic heterocycles. The summed E-state index contributed by atoms with van der Waals surface area (Å²) in [6, 6.07) is 12.4. The summed E-state index contributed by atoms with van der Waals surface area (Å²) < 4.78 is 1.31. The van der Waals surface area contributed by atoms with Crippen molar-refractivity contribution >= 4 is 22.1 Å². The van der Waals surface area contributed by atoms with Crippen molar-refractivity contribution in [2.24, 2.45) is 0 Å². The van der Waals surface area contributed by atoms with Gasteiger partial charge in [-0.15, -0.1) is 0 Å². The number of aryl methyl sites for hydroxylation is 1. The van der Waals surface area contributed by atoms with Gasteiger partial charge in [0.1, 0.15) is 0 Å². The first-order valence-electron chi connectivity index (χ1n) is 5.88. The summed E-state index contributed by atoms with van der Waals surface area (Å²) in [6.45, 7) is 2.01. The van der Waals surface area contributed by atoms with Crippen molar-refractivity contribution in [1.82, 2.24) is 9.97 Å². The van der Waals surface area contributed by atoms with Gasteiger partial charge in [0.05, 0.1) is 0 Å². The average Bonchev–Trinajstić information content (AvgIpc) is 2.28. The number of nitrogens with zero attached hydrogens (tertiary/aromatic N) is 2. The van der Waals surface area contributed by atoms with E-state index < -0.39 is 18.4 Å². The number of hydrogen-bond donors (Lipinski definition) is 0. The molecule has 2 nitrogen and oxygen atoms in total. The van der Waals surface area contributed by atoms with Crippen molar-refractivity contribution in [2.45, 2.75) is 21.7 Å². The van der Waals surface area contributed by atoms with E-state index in [4.69, 9.17) is 4.98 Å². The first kappa shape index (κ1) is 12.6. The van der Waals surface area contributed by atoms with Crippen molar-refractivity contribution in [3.63, 3.8) is 0 Å². The van der Waals surface area contributed by atoms with Gasteiger partial charge < -0.3 is 0 Å². The molecule has 0 unspecified atom stereocenters. The Hall–Kier alpha value is -0.901. The van der Waals surface area contributed by atoms with E-state index in [0.717, 1.165) is 17.1 Å². The van der Waals surface area contributed by atoms with Crippen LogP contribution >= 0.6 is 0 Å². The van der Waals surface area contributed by atoms with Gasteiger partial charge >= 0.3 is 107 Å². The topological polar surface area (TPSA) is 25.8 Å². The van der Waals surface area contributed by atoms with E-state index in [-0.39, 0.29) is 0 Å². The predicted molar refractivity (Wildman–Crippen MR) is 75.2 cm³/mol. The third kappa shape index (κ3) is 3.06. The predicted octanol–water partition coefficient (Wildman–Crippen LogP) is 3.00. The Morgan fingerprint density at radius 2 is 1.41 bits per heavy atom. The maximum atomic E-state index is 4.79. The Kier molecular flexibility index (Phi) is 3.52. The van der Waals surface area contributed by atoms with Crippen LogP contribution in [0.2, 0.25) is 14.8 Å². The molecule has 2 aromatic rings. The monoisotopic (exact) mass is 334 g/mol. The molecule has 0 fully saturated rings. The summed E-state index contributed by atoms with van der Waals surface area (Å²) >= 11 is -2.08. The van der Waals surface area contributed by atoms with Gasteiger partial charge in [0.2, 0.25) is 0 Å². The van der Waals surface area contributed by atoms with Gasteiger partial charge in [0.25, 0.3) is 0 Å². The van der Waals surface area contributed by atoms with Crippen molar-refractivity contribution < 1.29 is 0 Å². The molecule has 0 saturated carbocycles. The third-order valence-electron chi connectivity index (χ3n) is 2.67. The molecule has 0 N–H and O–H groups in total. The Labute approximate surface area is 107 Å². The second kappa shape index (κ2) is 4.76. The second-order valence-corrected chi connectivity index (χ2v) is 19.6. The molecule has 0 saturated heterocycles. The molecule has 0 bridgehead atoms. The number of hydrogen-bond acceptors (Lipinski definition) is 2. The zero-order chi connectivity index (χ0) is 12.5. The Morgan fingerprint density at radius 3 is 2.00 bits per heavy atom. The molecule has 0 aliphatic rings. The molecular formula is C14H18N2Sn. The van der Waals surface area contributed by atoms with Crippen molar-refractivity contribution in [2.75, 3.05) is 0 Å². The summed E-state index contributed by atoms with van der Waals surface area (Å²) in [4.78, 5) is 16.5. The van der Waals surface area contributed by atoms with Gasteiger partial charge in [-0.1, -0.05) is 0 Å². The molecule has 0 amide bonds. The zero-order valence-electron chi connectivity index (χ0n) is 10.9. The van der Waals surface area contributed by atoms with E-state index in [1.807, 2.05) is 31.2 Å². The Bertz CT molecular complexity index is 530. The molecule has 0 radical (unpaired) electrons. The summed E-state index contributed by atoms with van der Waals surface area (Å²) in [6.07, 6.45) is 0. The molecule has 17 heavy (non-hydrogen) atoms. The molecule has 3 heteroatoms. The van der Waals surface area contributed by atoms with Gasteiger partial charge in [-0.05, 0) is 0 Å². The molecular weight excluding hydrogens is 315 g/mol. The fourth-order valence-electron chi connectivity index (χ4n) is 1.68. The summed E-state index contributed by atoms with van der Waals surface area (Å²) in [7, 11) is 0. The van der Waals surface area contributed by atoms with Gasteiger partial charge in [0.15, 0.2) is 0 Å². The summed E-state index contributed by atoms with van der Waals surface area (Å²) in [5.74, 6) is 0. The van der Waals surface area contributed by atoms with Gasteiger partial charge in [0, 0.05) is 0 Å². The minimum atomic E-state index is -2.08. The molecule has 0 aliphatic carbocycles. The Morgan fingerprint density at radius 1 is 0.824 bits per heavy atom. The molecule has 88 valence electrons. The quantitative estimate of drug-likeness (QED) is 0.790. The van der Waals surface area contributed by atoms with E-state index in [1.54, 1.807) is 0 Å². The first-order chi connectivity index (χ1) is 7.97. The van der Waals surface area contributed by atoms with Crippen molar-refractivity contribution in [3.05, 3.63) is 42.1 Å². The van der Waals surface area contributed by atoms with Crippen molar-refractivity contribution in [1.29, 1.82) is 0 Å². The maximum absolute atomic E-state index is 4.79. The fraction of sp³-hybridized carbons (Fsp3) is 0.286. The van der Waals surface area contributed by atoms with Crippen LogP contribution in [0.3, 0.4) is 0 Å². The average molecular weight is 333 g/mol. The summed E-state index contributed by atoms with van der Waals surface area (Å²) in [5, 5.41) is 0. The Balaban J connectivity index is 2.47. The van der Waals surface area contributed by atoms with Gasteiger partial charge in [-0.2, -0.15) is 0 Å². The van der Waals surface area contributed by atoms with E-state index >= 15 is 0 Å². The summed E-state index contributed by atoms with van der Waals surface area (Å²) in [5.41, 5.74) is 3.01. The van der Waals surface area contributed by atoms with Crippen LogP contribution in [0.5, 0.6) is 0 Å². The van der Waals surface area contributed by atoms with Crippen LogP contribution in [0, 0.1) is 6.92 Å². The van der Waals surface area contributed by atoms with Gasteiger partial charge in [-0.25, -0.2) is 0 Å². The van der Waals surface area contributed by atoms with Crippen LogP contribution in [0.4, 0.5) is 0 Å². The molecule has 2 rings (SSSR count). The molecule has 2 heterocycles. The van der Waals surface area contributed by atoms with Crippen molar-refractivity contribution in [3.8, 4) is 11.4 Å². The van der Waals surface area contributed by atoms with Crippen LogP contribution in [-0.2, 0) is 0 Å². The van der Waals surface area contributed by atoms with Crippen LogP contribution in [0.25, 0.3) is 11.4 Å². The number of rotatable bonds is 2. The van der Waals surface area contributed by atoms with E-state index in [1.165, 1.54) is 3.71 Å². The standard InChI is InChI=1S/C11H9N2.3CH3.Sn/c1-9-5-4-7-11(13-9)10-6-2-3-8-12-10;;;;/h2-7H,1H3;3*1H3;. The third-order valence-corrected chi connectivity index (χ3v) is 7.85. The normalized spacial score (nSPS) is 11.5. The van der Waals surface area contributed by atoms with Crippen LogP contribution < -0.4 is 3.71 Å². The number of pyridine rings is 2. The first-order valence-corrected chi connectivity index (χ1v) is 15.9.